The van der Waals surface area contributed by atoms with Crippen molar-refractivity contribution in [1.82, 2.24) is 52.3 Å². The zero-order chi connectivity index (χ0) is 68.7. The minimum Gasteiger partial charge on any atom is -0.370 e. The second-order valence-electron chi connectivity index (χ2n) is 24.1. The van der Waals surface area contributed by atoms with Gasteiger partial charge in [0.2, 0.25) is 76.8 Å². The number of primary amides is 3. The van der Waals surface area contributed by atoms with Gasteiger partial charge in [-0.2, -0.15) is 11.8 Å². The maximum atomic E-state index is 14.6. The number of unbranched alkanes of at least 4 members (excludes halogenated alkanes) is 1. The molecule has 0 spiro atoms. The molecule has 2 aliphatic carbocycles. The summed E-state index contributed by atoms with van der Waals surface area (Å²) in [5.74, 6) is -10.4. The first-order valence-electron chi connectivity index (χ1n) is 31.8. The van der Waals surface area contributed by atoms with E-state index in [1.54, 1.807) is 48.6 Å². The van der Waals surface area contributed by atoms with Crippen molar-refractivity contribution < 1.29 is 62.3 Å². The highest BCUT2D eigenvalue weighted by atomic mass is 32.2. The molecular weight excluding hydrogens is 1220 g/mol. The number of thioether (sulfide) groups is 1. The summed E-state index contributed by atoms with van der Waals surface area (Å²) in [6.45, 7) is 3.91. The molecule has 0 aromatic rings. The Morgan fingerprint density at radius 1 is 0.538 bits per heavy atom. The van der Waals surface area contributed by atoms with Crippen LogP contribution < -0.4 is 82.7 Å². The van der Waals surface area contributed by atoms with Gasteiger partial charge in [-0.05, 0) is 133 Å². The summed E-state index contributed by atoms with van der Waals surface area (Å²) in [5.41, 5.74) is 39.5. The monoisotopic (exact) mass is 1320 g/mol. The molecule has 0 aromatic heterocycles. The van der Waals surface area contributed by atoms with Crippen LogP contribution in [0.5, 0.6) is 0 Å². The average Bonchev–Trinajstić information content (AvgIpc) is 1.77. The van der Waals surface area contributed by atoms with Crippen LogP contribution in [0.25, 0.3) is 0 Å². The van der Waals surface area contributed by atoms with Gasteiger partial charge in [-0.25, -0.2) is 0 Å². The molecule has 0 saturated carbocycles. The summed E-state index contributed by atoms with van der Waals surface area (Å²) in [7, 11) is 0. The van der Waals surface area contributed by atoms with Crippen molar-refractivity contribution in [2.24, 2.45) is 62.9 Å². The molecule has 0 radical (unpaired) electrons. The molecule has 2 fully saturated rings. The summed E-state index contributed by atoms with van der Waals surface area (Å²) >= 11 is 1.46. The smallest absolute Gasteiger partial charge is 0.245 e. The lowest BCUT2D eigenvalue weighted by Gasteiger charge is -2.32. The third-order valence-electron chi connectivity index (χ3n) is 16.1. The zero-order valence-corrected chi connectivity index (χ0v) is 54.3. The summed E-state index contributed by atoms with van der Waals surface area (Å²) in [6.07, 6.45) is 17.5. The summed E-state index contributed by atoms with van der Waals surface area (Å²) < 4.78 is 0. The molecule has 10 atom stereocenters. The van der Waals surface area contributed by atoms with Crippen molar-refractivity contribution in [3.05, 3.63) is 48.6 Å². The molecule has 31 nitrogen and oxygen atoms in total. The number of likely N-dealkylation sites (tertiary alicyclic amines) is 2. The molecule has 0 bridgehead atoms. The van der Waals surface area contributed by atoms with Crippen molar-refractivity contribution in [3.63, 3.8) is 0 Å². The number of carbonyl (C=O) groups is 13. The first-order chi connectivity index (χ1) is 44.2. The highest BCUT2D eigenvalue weighted by Gasteiger charge is 2.42. The lowest BCUT2D eigenvalue weighted by Crippen LogP contribution is -2.60. The molecule has 0 unspecified atom stereocenters. The first kappa shape index (κ1) is 77.1. The van der Waals surface area contributed by atoms with Crippen LogP contribution in [0.2, 0.25) is 0 Å². The van der Waals surface area contributed by atoms with E-state index in [2.05, 4.69) is 47.5 Å². The normalized spacial score (nSPS) is 18.5. The molecule has 2 heterocycles. The molecule has 2 saturated heterocycles. The predicted octanol–water partition coefficient (Wildman–Crippen LogP) is -3.93. The Balaban J connectivity index is 1.53. The van der Waals surface area contributed by atoms with Gasteiger partial charge < -0.3 is 92.5 Å². The van der Waals surface area contributed by atoms with Gasteiger partial charge in [-0.1, -0.05) is 62.5 Å². The second-order valence-corrected chi connectivity index (χ2v) is 25.1. The molecule has 4 aliphatic rings. The van der Waals surface area contributed by atoms with E-state index in [1.165, 1.54) is 21.6 Å². The fraction of sp³-hybridized carbons (Fsp3) is 0.639. The Morgan fingerprint density at radius 2 is 1.01 bits per heavy atom. The lowest BCUT2D eigenvalue weighted by atomic mass is 9.97. The predicted molar refractivity (Wildman–Crippen MR) is 348 cm³/mol. The molecule has 0 aromatic carbocycles. The summed E-state index contributed by atoms with van der Waals surface area (Å²) in [5, 5.41) is 21.1. The van der Waals surface area contributed by atoms with Crippen molar-refractivity contribution in [3.8, 4) is 0 Å². The number of rotatable bonds is 42. The van der Waals surface area contributed by atoms with E-state index in [1.807, 2.05) is 20.1 Å². The molecule has 22 N–H and O–H groups in total. The van der Waals surface area contributed by atoms with Gasteiger partial charge >= 0.3 is 0 Å². The van der Waals surface area contributed by atoms with E-state index in [-0.39, 0.29) is 88.9 Å². The fourth-order valence-electron chi connectivity index (χ4n) is 11.2. The standard InChI is InChI=1S/C61H98N18O13S/c1-35(2)31-43(55(87)72-39(51(66)83)25-30-93-3)71-50(82)34-70-52(84)44(32-36-13-4-5-14-36)76-56(88)45(33-37-15-6-7-16-37)77-54(86)40(21-23-48(64)80)73-53(85)41(22-24-49(65)81)74-57(89)47-20-12-29-79(47)60(92)42(18-8-9-26-62)75-58(90)46-19-11-28-78(46)59(91)38(63)17-10-27-69-61(67)68/h4-7,13-16,35-47H,8-12,17-34,62-63H2,1-3H3,(H2,64,80)(H2,65,81)(H2,66,83)(H,70,84)(H,71,82)(H,72,87)(H,73,85)(H,74,89)(H,75,90)(H,76,88)(H,77,86)(H4,67,68,69)/t38-,39-,40-,41-,42-,43-,44-,45-,46-,47-/m0/s1. The summed E-state index contributed by atoms with van der Waals surface area (Å²) in [6, 6.07) is -12.3. The maximum Gasteiger partial charge on any atom is 0.245 e. The molecule has 4 rings (SSSR count). The topological polar surface area (TPSA) is 519 Å². The van der Waals surface area contributed by atoms with E-state index >= 15 is 0 Å². The Kier molecular flexibility index (Phi) is 33.0. The van der Waals surface area contributed by atoms with Crippen LogP contribution in [0.4, 0.5) is 0 Å². The van der Waals surface area contributed by atoms with Crippen LogP contribution in [0, 0.1) is 17.8 Å². The third kappa shape index (κ3) is 26.6. The van der Waals surface area contributed by atoms with Crippen LogP contribution in [-0.2, 0) is 62.3 Å². The molecule has 93 heavy (non-hydrogen) atoms. The number of nitrogens with one attached hydrogen (secondary N) is 8. The molecule has 13 amide bonds. The van der Waals surface area contributed by atoms with Gasteiger partial charge in [0.15, 0.2) is 5.96 Å². The molecule has 2 aliphatic heterocycles. The Bertz CT molecular complexity index is 2770. The number of carbonyl (C=O) groups excluding carboxylic acids is 13. The number of guanidine groups is 1. The summed E-state index contributed by atoms with van der Waals surface area (Å²) in [4.78, 5) is 184. The Hall–Kier alpha value is -8.39. The number of amides is 13. The highest BCUT2D eigenvalue weighted by Crippen LogP contribution is 2.24. The quantitative estimate of drug-likeness (QED) is 0.0158. The maximum absolute atomic E-state index is 14.6. The zero-order valence-electron chi connectivity index (χ0n) is 53.5. The number of allylic oxidation sites excluding steroid dienone is 8. The van der Waals surface area contributed by atoms with Crippen LogP contribution in [0.1, 0.15) is 123 Å². The Labute approximate surface area is 546 Å². The lowest BCUT2D eigenvalue weighted by molar-refractivity contribution is -0.144. The largest absolute Gasteiger partial charge is 0.370 e. The van der Waals surface area contributed by atoms with E-state index < -0.39 is 175 Å². The SMILES string of the molecule is CSCC[C@H](NC(=O)[C@H](CC(C)C)NC(=O)CNC(=O)[C@H](CC1C=CC=C1)NC(=O)[C@H](CC1C=CC=C1)NC(=O)[C@H](CCC(N)=O)NC(=O)[C@H](CCC(N)=O)NC(=O)[C@@H]1CCCN1C(=O)[C@H](CCCCN)NC(=O)[C@@H]1CCCN1C(=O)[C@@H](N)CCCN=C(N)N)C(N)=O. The molecule has 32 heteroatoms. The van der Waals surface area contributed by atoms with Crippen LogP contribution >= 0.6 is 11.8 Å². The number of aliphatic imine (C=N–C) groups is 1. The minimum absolute atomic E-state index is 0.00242. The average molecular weight is 1320 g/mol. The van der Waals surface area contributed by atoms with E-state index in [9.17, 15) is 62.3 Å². The van der Waals surface area contributed by atoms with Crippen LogP contribution in [0.15, 0.2) is 53.6 Å². The molecule has 516 valence electrons. The van der Waals surface area contributed by atoms with Crippen molar-refractivity contribution >= 4 is 94.5 Å². The first-order valence-corrected chi connectivity index (χ1v) is 33.2. The van der Waals surface area contributed by atoms with Crippen molar-refractivity contribution in [1.29, 1.82) is 0 Å². The fourth-order valence-corrected chi connectivity index (χ4v) is 11.7. The van der Waals surface area contributed by atoms with Crippen LogP contribution in [-0.4, -0.2) is 198 Å². The van der Waals surface area contributed by atoms with E-state index in [0.717, 1.165) is 0 Å². The number of nitrogens with two attached hydrogens (primary N) is 7. The van der Waals surface area contributed by atoms with Crippen molar-refractivity contribution in [2.75, 3.05) is 44.7 Å². The highest BCUT2D eigenvalue weighted by molar-refractivity contribution is 7.98. The van der Waals surface area contributed by atoms with Crippen molar-refractivity contribution in [2.45, 2.75) is 183 Å². The molecular formula is C61H98N18O13S. The minimum atomic E-state index is -1.62. The number of hydrogen-bond acceptors (Lipinski definition) is 17. The van der Waals surface area contributed by atoms with E-state index in [0.29, 0.717) is 44.3 Å². The van der Waals surface area contributed by atoms with Gasteiger partial charge in [-0.15, -0.1) is 0 Å². The van der Waals surface area contributed by atoms with Gasteiger partial charge in [0.1, 0.15) is 54.4 Å². The van der Waals surface area contributed by atoms with Crippen LogP contribution in [0.3, 0.4) is 0 Å². The van der Waals surface area contributed by atoms with Gasteiger partial charge in [0, 0.05) is 32.5 Å². The van der Waals surface area contributed by atoms with Gasteiger partial charge in [0.25, 0.3) is 0 Å². The van der Waals surface area contributed by atoms with E-state index in [4.69, 9.17) is 40.1 Å². The number of hydrogen-bond donors (Lipinski definition) is 15. The number of nitrogens with zero attached hydrogens (tertiary/aromatic N) is 3. The van der Waals surface area contributed by atoms with Gasteiger partial charge in [-0.3, -0.25) is 67.3 Å². The second kappa shape index (κ2) is 39.9. The third-order valence-corrected chi connectivity index (χ3v) is 16.8. The van der Waals surface area contributed by atoms with Gasteiger partial charge in [0.05, 0.1) is 12.6 Å². The Morgan fingerprint density at radius 3 is 1.51 bits per heavy atom.